The van der Waals surface area contributed by atoms with E-state index in [-0.39, 0.29) is 0 Å². The van der Waals surface area contributed by atoms with Crippen LogP contribution >= 0.6 is 0 Å². The molecule has 1 aromatic heterocycles. The minimum Gasteiger partial charge on any atom is -0.345 e. The lowest BCUT2D eigenvalue weighted by Crippen LogP contribution is -2.08. The van der Waals surface area contributed by atoms with Gasteiger partial charge in [0.15, 0.2) is 0 Å². The van der Waals surface area contributed by atoms with E-state index in [4.69, 9.17) is 0 Å². The first-order valence-electron chi connectivity index (χ1n) is 16.2. The average Bonchev–Trinajstić information content (AvgIpc) is 3.50. The molecule has 9 aromatic rings. The van der Waals surface area contributed by atoms with E-state index >= 15 is 0 Å². The highest BCUT2D eigenvalue weighted by Crippen LogP contribution is 2.42. The SMILES string of the molecule is CN(c1ccccc1)c1ccc(-c2ccc(-c3cccc4c3c3c5ccccc5ccc3n4-c3ccc4ccccc4c3)cc2)cc1. The van der Waals surface area contributed by atoms with Gasteiger partial charge in [0.05, 0.1) is 11.0 Å². The molecule has 0 bridgehead atoms. The molecular weight excluding hydrogens is 569 g/mol. The molecule has 9 rings (SSSR count). The fourth-order valence-corrected chi connectivity index (χ4v) is 7.18. The van der Waals surface area contributed by atoms with Crippen LogP contribution in [0.25, 0.3) is 71.3 Å². The molecule has 0 amide bonds. The van der Waals surface area contributed by atoms with Crippen LogP contribution in [0, 0.1) is 0 Å². The lowest BCUT2D eigenvalue weighted by Gasteiger charge is -2.19. The molecule has 0 aliphatic carbocycles. The van der Waals surface area contributed by atoms with Crippen molar-refractivity contribution in [3.63, 3.8) is 0 Å². The van der Waals surface area contributed by atoms with E-state index in [1.165, 1.54) is 82.7 Å². The normalized spacial score (nSPS) is 11.5. The Hall–Kier alpha value is -6.12. The second-order valence-electron chi connectivity index (χ2n) is 12.3. The van der Waals surface area contributed by atoms with E-state index in [0.29, 0.717) is 0 Å². The van der Waals surface area contributed by atoms with Crippen LogP contribution in [0.5, 0.6) is 0 Å². The van der Waals surface area contributed by atoms with E-state index in [1.807, 2.05) is 0 Å². The van der Waals surface area contributed by atoms with Crippen LogP contribution in [-0.2, 0) is 0 Å². The number of rotatable bonds is 5. The smallest absolute Gasteiger partial charge is 0.0547 e. The molecule has 47 heavy (non-hydrogen) atoms. The van der Waals surface area contributed by atoms with Gasteiger partial charge in [-0.1, -0.05) is 127 Å². The highest BCUT2D eigenvalue weighted by atomic mass is 15.1. The fraction of sp³-hybridized carbons (Fsp3) is 0.0222. The summed E-state index contributed by atoms with van der Waals surface area (Å²) in [5, 5.41) is 7.61. The molecule has 2 nitrogen and oxygen atoms in total. The number of anilines is 2. The van der Waals surface area contributed by atoms with Gasteiger partial charge in [-0.15, -0.1) is 0 Å². The Labute approximate surface area is 274 Å². The predicted octanol–water partition coefficient (Wildman–Crippen LogP) is 12.2. The van der Waals surface area contributed by atoms with Gasteiger partial charge in [-0.05, 0) is 92.3 Å². The molecule has 222 valence electrons. The van der Waals surface area contributed by atoms with Crippen molar-refractivity contribution in [2.75, 3.05) is 11.9 Å². The summed E-state index contributed by atoms with van der Waals surface area (Å²) in [6.07, 6.45) is 0. The summed E-state index contributed by atoms with van der Waals surface area (Å²) in [5.41, 5.74) is 10.8. The molecule has 0 atom stereocenters. The highest BCUT2D eigenvalue weighted by Gasteiger charge is 2.18. The highest BCUT2D eigenvalue weighted by molar-refractivity contribution is 6.25. The molecule has 0 N–H and O–H groups in total. The molecular formula is C45H32N2. The van der Waals surface area contributed by atoms with Crippen molar-refractivity contribution in [2.45, 2.75) is 0 Å². The van der Waals surface area contributed by atoms with E-state index in [2.05, 4.69) is 192 Å². The number of hydrogen-bond donors (Lipinski definition) is 0. The summed E-state index contributed by atoms with van der Waals surface area (Å²) in [7, 11) is 2.11. The minimum absolute atomic E-state index is 1.17. The van der Waals surface area contributed by atoms with Crippen LogP contribution in [0.1, 0.15) is 0 Å². The first kappa shape index (κ1) is 27.2. The Bertz CT molecular complexity index is 2560. The Kier molecular flexibility index (Phi) is 6.39. The van der Waals surface area contributed by atoms with Gasteiger partial charge >= 0.3 is 0 Å². The number of nitrogens with zero attached hydrogens (tertiary/aromatic N) is 2. The molecule has 0 saturated carbocycles. The van der Waals surface area contributed by atoms with E-state index in [0.717, 1.165) is 0 Å². The summed E-state index contributed by atoms with van der Waals surface area (Å²) in [6.45, 7) is 0. The first-order chi connectivity index (χ1) is 23.2. The summed E-state index contributed by atoms with van der Waals surface area (Å²) in [5.74, 6) is 0. The van der Waals surface area contributed by atoms with Gasteiger partial charge in [0, 0.05) is 34.9 Å². The van der Waals surface area contributed by atoms with Crippen LogP contribution in [0.2, 0.25) is 0 Å². The van der Waals surface area contributed by atoms with Crippen molar-refractivity contribution in [3.05, 3.63) is 176 Å². The molecule has 0 fully saturated rings. The van der Waals surface area contributed by atoms with Crippen molar-refractivity contribution >= 4 is 54.7 Å². The van der Waals surface area contributed by atoms with Crippen molar-refractivity contribution < 1.29 is 0 Å². The Morgan fingerprint density at radius 3 is 1.79 bits per heavy atom. The standard InChI is InChI=1S/C45H32N2/c1-46(37-13-3-2-4-14-37)38-26-22-33(23-27-38)32-18-20-35(21-19-32)41-16-9-17-42-44(41)45-40-15-8-7-11-34(40)25-29-43(45)47(42)39-28-24-31-10-5-6-12-36(31)30-39/h2-30H,1H3. The Balaban J connectivity index is 1.17. The number of hydrogen-bond acceptors (Lipinski definition) is 1. The third kappa shape index (κ3) is 4.57. The summed E-state index contributed by atoms with van der Waals surface area (Å²) < 4.78 is 2.44. The van der Waals surface area contributed by atoms with Gasteiger partial charge < -0.3 is 9.47 Å². The fourth-order valence-electron chi connectivity index (χ4n) is 7.18. The minimum atomic E-state index is 1.17. The van der Waals surface area contributed by atoms with Crippen molar-refractivity contribution in [3.8, 4) is 27.9 Å². The molecule has 0 radical (unpaired) electrons. The molecule has 2 heteroatoms. The van der Waals surface area contributed by atoms with Crippen LogP contribution < -0.4 is 4.90 Å². The Morgan fingerprint density at radius 2 is 1.00 bits per heavy atom. The zero-order valence-electron chi connectivity index (χ0n) is 26.1. The number of para-hydroxylation sites is 1. The topological polar surface area (TPSA) is 8.17 Å². The summed E-state index contributed by atoms with van der Waals surface area (Å²) in [6, 6.07) is 63.8. The summed E-state index contributed by atoms with van der Waals surface area (Å²) in [4.78, 5) is 2.21. The maximum Gasteiger partial charge on any atom is 0.0547 e. The first-order valence-corrected chi connectivity index (χ1v) is 16.2. The molecule has 0 saturated heterocycles. The number of fused-ring (bicyclic) bond motifs is 6. The van der Waals surface area contributed by atoms with Gasteiger partial charge in [-0.3, -0.25) is 0 Å². The van der Waals surface area contributed by atoms with Crippen LogP contribution in [0.4, 0.5) is 11.4 Å². The lowest BCUT2D eigenvalue weighted by molar-refractivity contribution is 1.19. The second kappa shape index (κ2) is 11.0. The Morgan fingerprint density at radius 1 is 0.404 bits per heavy atom. The second-order valence-corrected chi connectivity index (χ2v) is 12.3. The largest absolute Gasteiger partial charge is 0.345 e. The van der Waals surface area contributed by atoms with Crippen LogP contribution in [0.15, 0.2) is 176 Å². The number of benzene rings is 8. The van der Waals surface area contributed by atoms with E-state index < -0.39 is 0 Å². The van der Waals surface area contributed by atoms with Crippen LogP contribution in [0.3, 0.4) is 0 Å². The number of aromatic nitrogens is 1. The zero-order chi connectivity index (χ0) is 31.3. The summed E-state index contributed by atoms with van der Waals surface area (Å²) >= 11 is 0. The molecule has 0 aliphatic rings. The predicted molar refractivity (Wildman–Crippen MR) is 201 cm³/mol. The molecule has 1 heterocycles. The lowest BCUT2D eigenvalue weighted by atomic mass is 9.95. The maximum atomic E-state index is 2.44. The van der Waals surface area contributed by atoms with E-state index in [9.17, 15) is 0 Å². The third-order valence-corrected chi connectivity index (χ3v) is 9.60. The van der Waals surface area contributed by atoms with Gasteiger partial charge in [-0.25, -0.2) is 0 Å². The molecule has 0 unspecified atom stereocenters. The average molecular weight is 601 g/mol. The van der Waals surface area contributed by atoms with Crippen LogP contribution in [-0.4, -0.2) is 11.6 Å². The van der Waals surface area contributed by atoms with Crippen molar-refractivity contribution in [1.29, 1.82) is 0 Å². The van der Waals surface area contributed by atoms with Crippen molar-refractivity contribution in [2.24, 2.45) is 0 Å². The zero-order valence-corrected chi connectivity index (χ0v) is 26.1. The monoisotopic (exact) mass is 600 g/mol. The van der Waals surface area contributed by atoms with Gasteiger partial charge in [0.2, 0.25) is 0 Å². The third-order valence-electron chi connectivity index (χ3n) is 9.60. The van der Waals surface area contributed by atoms with Gasteiger partial charge in [0.25, 0.3) is 0 Å². The quantitative estimate of drug-likeness (QED) is 0.191. The van der Waals surface area contributed by atoms with Crippen molar-refractivity contribution in [1.82, 2.24) is 4.57 Å². The maximum absolute atomic E-state index is 2.44. The van der Waals surface area contributed by atoms with E-state index in [1.54, 1.807) is 0 Å². The molecule has 0 aliphatic heterocycles. The van der Waals surface area contributed by atoms with Gasteiger partial charge in [0.1, 0.15) is 0 Å². The molecule has 0 spiro atoms. The van der Waals surface area contributed by atoms with Gasteiger partial charge in [-0.2, -0.15) is 0 Å². The molecule has 8 aromatic carbocycles.